The molecule has 1 heterocycles. The Morgan fingerprint density at radius 3 is 2.55 bits per heavy atom. The van der Waals surface area contributed by atoms with Crippen LogP contribution in [0.4, 0.5) is 4.39 Å². The van der Waals surface area contributed by atoms with E-state index < -0.39 is 0 Å². The van der Waals surface area contributed by atoms with Crippen molar-refractivity contribution in [2.45, 2.75) is 6.42 Å². The van der Waals surface area contributed by atoms with Crippen molar-refractivity contribution in [3.8, 4) is 17.2 Å². The first-order valence-electron chi connectivity index (χ1n) is 6.08. The summed E-state index contributed by atoms with van der Waals surface area (Å²) in [5, 5.41) is 13.1. The largest absolute Gasteiger partial charge is 0.508 e. The van der Waals surface area contributed by atoms with E-state index in [2.05, 4.69) is 10.1 Å². The van der Waals surface area contributed by atoms with Gasteiger partial charge in [0.05, 0.1) is 0 Å². The van der Waals surface area contributed by atoms with Gasteiger partial charge in [-0.05, 0) is 35.9 Å². The van der Waals surface area contributed by atoms with E-state index in [1.807, 2.05) is 0 Å². The first-order chi connectivity index (χ1) is 9.72. The first-order valence-corrected chi connectivity index (χ1v) is 6.08. The third-order valence-corrected chi connectivity index (χ3v) is 2.89. The molecule has 5 heteroatoms. The zero-order valence-electron chi connectivity index (χ0n) is 10.5. The Kier molecular flexibility index (Phi) is 3.16. The van der Waals surface area contributed by atoms with Gasteiger partial charge < -0.3 is 9.63 Å². The monoisotopic (exact) mass is 270 g/mol. The van der Waals surface area contributed by atoms with Crippen LogP contribution in [0.15, 0.2) is 53.1 Å². The van der Waals surface area contributed by atoms with Crippen LogP contribution in [0.3, 0.4) is 0 Å². The summed E-state index contributed by atoms with van der Waals surface area (Å²) in [6, 6.07) is 12.9. The maximum Gasteiger partial charge on any atom is 0.257 e. The fraction of sp³-hybridized carbons (Fsp3) is 0.0667. The zero-order valence-corrected chi connectivity index (χ0v) is 10.5. The van der Waals surface area contributed by atoms with Gasteiger partial charge in [0.1, 0.15) is 11.6 Å². The summed E-state index contributed by atoms with van der Waals surface area (Å²) >= 11 is 0. The summed E-state index contributed by atoms with van der Waals surface area (Å²) in [6.45, 7) is 0. The van der Waals surface area contributed by atoms with Crippen LogP contribution < -0.4 is 0 Å². The minimum absolute atomic E-state index is 0.167. The predicted octanol–water partition coefficient (Wildman–Crippen LogP) is 3.17. The van der Waals surface area contributed by atoms with Crippen LogP contribution in [0.2, 0.25) is 0 Å². The number of rotatable bonds is 3. The summed E-state index contributed by atoms with van der Waals surface area (Å²) < 4.78 is 18.7. The average molecular weight is 270 g/mol. The number of aromatic nitrogens is 2. The van der Waals surface area contributed by atoms with Crippen molar-refractivity contribution in [1.29, 1.82) is 0 Å². The second-order valence-corrected chi connectivity index (χ2v) is 4.33. The van der Waals surface area contributed by atoms with Gasteiger partial charge in [-0.2, -0.15) is 4.98 Å². The van der Waals surface area contributed by atoms with Crippen molar-refractivity contribution in [1.82, 2.24) is 10.1 Å². The Hall–Kier alpha value is -2.69. The van der Waals surface area contributed by atoms with Crippen molar-refractivity contribution in [2.75, 3.05) is 0 Å². The Labute approximate surface area is 114 Å². The third kappa shape index (κ3) is 2.51. The summed E-state index contributed by atoms with van der Waals surface area (Å²) in [5.74, 6) is 0.637. The molecule has 4 nitrogen and oxygen atoms in total. The number of halogens is 1. The SMILES string of the molecule is Oc1ccc(-c2nc(Cc3ccccc3F)no2)cc1. The predicted molar refractivity (Wildman–Crippen MR) is 70.6 cm³/mol. The third-order valence-electron chi connectivity index (χ3n) is 2.89. The highest BCUT2D eigenvalue weighted by molar-refractivity contribution is 5.54. The van der Waals surface area contributed by atoms with Crippen molar-refractivity contribution >= 4 is 0 Å². The molecule has 0 aliphatic carbocycles. The first kappa shape index (κ1) is 12.3. The van der Waals surface area contributed by atoms with Gasteiger partial charge in [-0.25, -0.2) is 4.39 Å². The van der Waals surface area contributed by atoms with Crippen molar-refractivity contribution in [3.63, 3.8) is 0 Å². The van der Waals surface area contributed by atoms with Crippen LogP contribution in [-0.4, -0.2) is 15.2 Å². The number of benzene rings is 2. The molecular weight excluding hydrogens is 259 g/mol. The molecule has 0 saturated heterocycles. The van der Waals surface area contributed by atoms with Crippen molar-refractivity contribution in [3.05, 3.63) is 65.7 Å². The number of hydrogen-bond acceptors (Lipinski definition) is 4. The molecule has 0 aliphatic rings. The van der Waals surface area contributed by atoms with Gasteiger partial charge in [-0.3, -0.25) is 0 Å². The van der Waals surface area contributed by atoms with Crippen LogP contribution >= 0.6 is 0 Å². The summed E-state index contributed by atoms with van der Waals surface area (Å²) in [6.07, 6.45) is 0.272. The van der Waals surface area contributed by atoms with Gasteiger partial charge in [0.2, 0.25) is 0 Å². The minimum Gasteiger partial charge on any atom is -0.508 e. The number of phenols is 1. The van der Waals surface area contributed by atoms with Crippen LogP contribution in [0, 0.1) is 5.82 Å². The second-order valence-electron chi connectivity index (χ2n) is 4.33. The second kappa shape index (κ2) is 5.13. The minimum atomic E-state index is -0.288. The van der Waals surface area contributed by atoms with Crippen LogP contribution in [-0.2, 0) is 6.42 Å². The molecule has 0 saturated carbocycles. The van der Waals surface area contributed by atoms with Gasteiger partial charge in [0.25, 0.3) is 5.89 Å². The molecule has 20 heavy (non-hydrogen) atoms. The van der Waals surface area contributed by atoms with Gasteiger partial charge in [-0.15, -0.1) is 0 Å². The van der Waals surface area contributed by atoms with Crippen molar-refractivity contribution in [2.24, 2.45) is 0 Å². The fourth-order valence-electron chi connectivity index (χ4n) is 1.86. The average Bonchev–Trinajstić information content (AvgIpc) is 2.91. The van der Waals surface area contributed by atoms with Crippen molar-refractivity contribution < 1.29 is 14.0 Å². The molecule has 3 rings (SSSR count). The summed E-state index contributed by atoms with van der Waals surface area (Å²) in [4.78, 5) is 4.22. The van der Waals surface area contributed by atoms with Gasteiger partial charge in [-0.1, -0.05) is 23.4 Å². The van der Waals surface area contributed by atoms with E-state index >= 15 is 0 Å². The molecule has 0 unspecified atom stereocenters. The summed E-state index contributed by atoms with van der Waals surface area (Å²) in [5.41, 5.74) is 1.22. The standard InChI is InChI=1S/C15H11FN2O2/c16-13-4-2-1-3-11(13)9-14-17-15(20-18-14)10-5-7-12(19)8-6-10/h1-8,19H,9H2. The molecule has 2 aromatic carbocycles. The molecule has 0 aliphatic heterocycles. The zero-order chi connectivity index (χ0) is 13.9. The molecule has 0 fully saturated rings. The van der Waals surface area contributed by atoms with E-state index in [9.17, 15) is 9.50 Å². The number of phenolic OH excluding ortho intramolecular Hbond substituents is 1. The molecule has 0 atom stereocenters. The molecule has 100 valence electrons. The quantitative estimate of drug-likeness (QED) is 0.794. The van der Waals surface area contributed by atoms with Gasteiger partial charge in [0, 0.05) is 12.0 Å². The maximum atomic E-state index is 13.5. The molecule has 0 amide bonds. The highest BCUT2D eigenvalue weighted by Gasteiger charge is 2.11. The lowest BCUT2D eigenvalue weighted by atomic mass is 10.1. The Morgan fingerprint density at radius 2 is 1.80 bits per heavy atom. The lowest BCUT2D eigenvalue weighted by Crippen LogP contribution is -1.94. The van der Waals surface area contributed by atoms with E-state index in [-0.39, 0.29) is 18.0 Å². The lowest BCUT2D eigenvalue weighted by Gasteiger charge is -1.97. The molecule has 0 spiro atoms. The molecular formula is C15H11FN2O2. The highest BCUT2D eigenvalue weighted by atomic mass is 19.1. The van der Waals surface area contributed by atoms with Crippen LogP contribution in [0.25, 0.3) is 11.5 Å². The highest BCUT2D eigenvalue weighted by Crippen LogP contribution is 2.21. The number of aromatic hydroxyl groups is 1. The normalized spacial score (nSPS) is 10.7. The number of nitrogens with zero attached hydrogens (tertiary/aromatic N) is 2. The van der Waals surface area contributed by atoms with E-state index in [4.69, 9.17) is 4.52 Å². The van der Waals surface area contributed by atoms with E-state index in [0.29, 0.717) is 22.8 Å². The van der Waals surface area contributed by atoms with Crippen LogP contribution in [0.5, 0.6) is 5.75 Å². The Bertz CT molecular complexity index is 723. The number of hydrogen-bond donors (Lipinski definition) is 1. The fourth-order valence-corrected chi connectivity index (χ4v) is 1.86. The Morgan fingerprint density at radius 1 is 1.05 bits per heavy atom. The Balaban J connectivity index is 1.84. The van der Waals surface area contributed by atoms with E-state index in [0.717, 1.165) is 0 Å². The van der Waals surface area contributed by atoms with Crippen LogP contribution in [0.1, 0.15) is 11.4 Å². The molecule has 3 aromatic rings. The summed E-state index contributed by atoms with van der Waals surface area (Å²) in [7, 11) is 0. The van der Waals surface area contributed by atoms with E-state index in [1.165, 1.54) is 18.2 Å². The molecule has 1 N–H and O–H groups in total. The molecule has 0 radical (unpaired) electrons. The topological polar surface area (TPSA) is 59.2 Å². The van der Waals surface area contributed by atoms with Gasteiger partial charge in [0.15, 0.2) is 5.82 Å². The lowest BCUT2D eigenvalue weighted by molar-refractivity contribution is 0.423. The smallest absolute Gasteiger partial charge is 0.257 e. The van der Waals surface area contributed by atoms with E-state index in [1.54, 1.807) is 30.3 Å². The molecule has 0 bridgehead atoms. The maximum absolute atomic E-state index is 13.5. The van der Waals surface area contributed by atoms with Gasteiger partial charge >= 0.3 is 0 Å². The molecule has 1 aromatic heterocycles.